The first-order valence-corrected chi connectivity index (χ1v) is 7.02. The number of nitrogens with one attached hydrogen (secondary N) is 1. The van der Waals surface area contributed by atoms with Gasteiger partial charge in [-0.25, -0.2) is 0 Å². The fourth-order valence-electron chi connectivity index (χ4n) is 2.00. The van der Waals surface area contributed by atoms with Crippen molar-refractivity contribution in [2.45, 2.75) is 26.2 Å². The number of nitrogens with two attached hydrogens (primary N) is 1. The van der Waals surface area contributed by atoms with Crippen molar-refractivity contribution >= 4 is 5.91 Å². The number of carbonyl (C=O) groups excluding carboxylic acids is 1. The molecule has 0 aliphatic carbocycles. The Kier molecular flexibility index (Phi) is 6.68. The second-order valence-electron chi connectivity index (χ2n) is 5.82. The number of methoxy groups -OCH3 is 1. The molecule has 0 saturated heterocycles. The van der Waals surface area contributed by atoms with Crippen LogP contribution in [0.1, 0.15) is 31.7 Å². The van der Waals surface area contributed by atoms with Gasteiger partial charge in [0, 0.05) is 26.8 Å². The number of rotatable bonds is 8. The molecule has 20 heavy (non-hydrogen) atoms. The van der Waals surface area contributed by atoms with Gasteiger partial charge in [-0.05, 0) is 17.4 Å². The zero-order valence-corrected chi connectivity index (χ0v) is 12.7. The van der Waals surface area contributed by atoms with E-state index >= 15 is 0 Å². The van der Waals surface area contributed by atoms with Gasteiger partial charge in [0.05, 0.1) is 5.92 Å². The minimum atomic E-state index is -0.283. The van der Waals surface area contributed by atoms with Crippen LogP contribution in [0.4, 0.5) is 0 Å². The van der Waals surface area contributed by atoms with Crippen LogP contribution in [0.2, 0.25) is 0 Å². The molecule has 1 amide bonds. The molecule has 0 heterocycles. The molecular weight excluding hydrogens is 252 g/mol. The lowest BCUT2D eigenvalue weighted by atomic mass is 9.89. The summed E-state index contributed by atoms with van der Waals surface area (Å²) in [4.78, 5) is 12.3. The second-order valence-corrected chi connectivity index (χ2v) is 5.82. The number of carbonyl (C=O) groups is 1. The van der Waals surface area contributed by atoms with Gasteiger partial charge in [-0.15, -0.1) is 0 Å². The number of benzene rings is 1. The van der Waals surface area contributed by atoms with Gasteiger partial charge in [0.15, 0.2) is 0 Å². The van der Waals surface area contributed by atoms with E-state index in [1.165, 1.54) is 0 Å². The first kappa shape index (κ1) is 16.7. The highest BCUT2D eigenvalue weighted by Gasteiger charge is 2.23. The first-order valence-electron chi connectivity index (χ1n) is 7.02. The Labute approximate surface area is 121 Å². The maximum atomic E-state index is 12.3. The molecular formula is C16H26N2O2. The van der Waals surface area contributed by atoms with E-state index in [-0.39, 0.29) is 17.2 Å². The molecule has 0 spiro atoms. The fourth-order valence-corrected chi connectivity index (χ4v) is 2.00. The van der Waals surface area contributed by atoms with Crippen LogP contribution >= 0.6 is 0 Å². The molecule has 0 radical (unpaired) electrons. The Morgan fingerprint density at radius 3 is 2.55 bits per heavy atom. The summed E-state index contributed by atoms with van der Waals surface area (Å²) in [6, 6.07) is 9.66. The van der Waals surface area contributed by atoms with Crippen molar-refractivity contribution in [3.8, 4) is 0 Å². The van der Waals surface area contributed by atoms with Crippen LogP contribution in [0.5, 0.6) is 0 Å². The van der Waals surface area contributed by atoms with Crippen LogP contribution < -0.4 is 11.1 Å². The van der Waals surface area contributed by atoms with Crippen LogP contribution in [0.15, 0.2) is 30.3 Å². The Balaban J connectivity index is 2.56. The number of amides is 1. The molecule has 0 bridgehead atoms. The minimum absolute atomic E-state index is 0.0100. The minimum Gasteiger partial charge on any atom is -0.385 e. The van der Waals surface area contributed by atoms with Crippen molar-refractivity contribution in [2.24, 2.45) is 11.1 Å². The first-order chi connectivity index (χ1) is 9.50. The summed E-state index contributed by atoms with van der Waals surface area (Å²) >= 11 is 0. The Bertz CT molecular complexity index is 404. The van der Waals surface area contributed by atoms with Gasteiger partial charge in [0.1, 0.15) is 0 Å². The highest BCUT2D eigenvalue weighted by atomic mass is 16.5. The smallest absolute Gasteiger partial charge is 0.228 e. The topological polar surface area (TPSA) is 64.3 Å². The largest absolute Gasteiger partial charge is 0.385 e. The summed E-state index contributed by atoms with van der Waals surface area (Å²) < 4.78 is 5.09. The molecule has 0 fully saturated rings. The highest BCUT2D eigenvalue weighted by molar-refractivity contribution is 5.83. The van der Waals surface area contributed by atoms with E-state index in [4.69, 9.17) is 10.5 Å². The van der Waals surface area contributed by atoms with Gasteiger partial charge in [-0.1, -0.05) is 44.2 Å². The monoisotopic (exact) mass is 278 g/mol. The normalized spacial score (nSPS) is 13.0. The number of hydrogen-bond acceptors (Lipinski definition) is 3. The standard InChI is InChI=1S/C16H26N2O2/c1-16(2,9-10-20-3)12-18-15(19)14(11-17)13-7-5-4-6-8-13/h4-8,14H,9-12,17H2,1-3H3,(H,18,19). The summed E-state index contributed by atoms with van der Waals surface area (Å²) in [6.07, 6.45) is 0.905. The molecule has 0 saturated carbocycles. The van der Waals surface area contributed by atoms with Crippen LogP contribution in [0.3, 0.4) is 0 Å². The molecule has 1 aromatic carbocycles. The van der Waals surface area contributed by atoms with Crippen molar-refractivity contribution in [1.29, 1.82) is 0 Å². The Morgan fingerprint density at radius 1 is 1.35 bits per heavy atom. The molecule has 0 aliphatic heterocycles. The summed E-state index contributed by atoms with van der Waals surface area (Å²) in [6.45, 7) is 5.87. The number of hydrogen-bond donors (Lipinski definition) is 2. The van der Waals surface area contributed by atoms with E-state index in [1.54, 1.807) is 7.11 Å². The summed E-state index contributed by atoms with van der Waals surface area (Å²) in [5.74, 6) is -0.293. The van der Waals surface area contributed by atoms with Crippen LogP contribution in [0.25, 0.3) is 0 Å². The zero-order chi connectivity index (χ0) is 15.0. The quantitative estimate of drug-likeness (QED) is 0.763. The van der Waals surface area contributed by atoms with Crippen molar-refractivity contribution in [2.75, 3.05) is 26.8 Å². The van der Waals surface area contributed by atoms with E-state index in [9.17, 15) is 4.79 Å². The van der Waals surface area contributed by atoms with Gasteiger partial charge in [0.25, 0.3) is 0 Å². The molecule has 3 N–H and O–H groups in total. The molecule has 0 aliphatic rings. The van der Waals surface area contributed by atoms with Crippen LogP contribution in [0, 0.1) is 5.41 Å². The molecule has 1 atom stereocenters. The molecule has 4 heteroatoms. The summed E-state index contributed by atoms with van der Waals surface area (Å²) in [5.41, 5.74) is 6.72. The van der Waals surface area contributed by atoms with Crippen LogP contribution in [-0.2, 0) is 9.53 Å². The molecule has 1 rings (SSSR count). The molecule has 0 aromatic heterocycles. The van der Waals surface area contributed by atoms with Gasteiger partial charge in [0.2, 0.25) is 5.91 Å². The third-order valence-corrected chi connectivity index (χ3v) is 3.48. The van der Waals surface area contributed by atoms with Gasteiger partial charge >= 0.3 is 0 Å². The average molecular weight is 278 g/mol. The predicted molar refractivity (Wildman–Crippen MR) is 81.5 cm³/mol. The lowest BCUT2D eigenvalue weighted by Crippen LogP contribution is -2.39. The second kappa shape index (κ2) is 8.02. The van der Waals surface area contributed by atoms with Gasteiger partial charge in [-0.2, -0.15) is 0 Å². The lowest BCUT2D eigenvalue weighted by Gasteiger charge is -2.26. The lowest BCUT2D eigenvalue weighted by molar-refractivity contribution is -0.122. The fraction of sp³-hybridized carbons (Fsp3) is 0.562. The Morgan fingerprint density at radius 2 is 2.00 bits per heavy atom. The van der Waals surface area contributed by atoms with Crippen molar-refractivity contribution in [3.63, 3.8) is 0 Å². The van der Waals surface area contributed by atoms with Crippen molar-refractivity contribution in [3.05, 3.63) is 35.9 Å². The number of ether oxygens (including phenoxy) is 1. The molecule has 112 valence electrons. The summed E-state index contributed by atoms with van der Waals surface area (Å²) in [5, 5.41) is 3.01. The van der Waals surface area contributed by atoms with E-state index < -0.39 is 0 Å². The van der Waals surface area contributed by atoms with Crippen molar-refractivity contribution < 1.29 is 9.53 Å². The molecule has 4 nitrogen and oxygen atoms in total. The van der Waals surface area contributed by atoms with E-state index in [0.717, 1.165) is 12.0 Å². The molecule has 1 unspecified atom stereocenters. The van der Waals surface area contributed by atoms with E-state index in [1.807, 2.05) is 30.3 Å². The zero-order valence-electron chi connectivity index (χ0n) is 12.7. The highest BCUT2D eigenvalue weighted by Crippen LogP contribution is 2.20. The Hall–Kier alpha value is -1.39. The third-order valence-electron chi connectivity index (χ3n) is 3.48. The van der Waals surface area contributed by atoms with Crippen LogP contribution in [-0.4, -0.2) is 32.7 Å². The van der Waals surface area contributed by atoms with E-state index in [0.29, 0.717) is 19.7 Å². The molecule has 1 aromatic rings. The maximum absolute atomic E-state index is 12.3. The summed E-state index contributed by atoms with van der Waals surface area (Å²) in [7, 11) is 1.69. The van der Waals surface area contributed by atoms with E-state index in [2.05, 4.69) is 19.2 Å². The average Bonchev–Trinajstić information content (AvgIpc) is 2.45. The predicted octanol–water partition coefficient (Wildman–Crippen LogP) is 1.91. The maximum Gasteiger partial charge on any atom is 0.228 e. The SMILES string of the molecule is COCCC(C)(C)CNC(=O)C(CN)c1ccccc1. The van der Waals surface area contributed by atoms with Gasteiger partial charge in [-0.3, -0.25) is 4.79 Å². The third kappa shape index (κ3) is 5.31. The van der Waals surface area contributed by atoms with Crippen molar-refractivity contribution in [1.82, 2.24) is 5.32 Å². The van der Waals surface area contributed by atoms with Gasteiger partial charge < -0.3 is 15.8 Å².